The molecule has 0 radical (unpaired) electrons. The number of benzene rings is 3. The molecule has 0 saturated heterocycles. The molecule has 2 N–H and O–H groups in total. The highest BCUT2D eigenvalue weighted by Crippen LogP contribution is 2.39. The molecule has 1 unspecified atom stereocenters. The Hall–Kier alpha value is -4.50. The Labute approximate surface area is 268 Å². The molecule has 4 aromatic rings. The zero-order chi connectivity index (χ0) is 34.4. The summed E-state index contributed by atoms with van der Waals surface area (Å²) in [6.07, 6.45) is -0.967. The Balaban J connectivity index is 1.83. The van der Waals surface area contributed by atoms with Crippen LogP contribution in [0.1, 0.15) is 41.7 Å². The fourth-order valence-electron chi connectivity index (χ4n) is 4.72. The number of carbonyl (C=O) groups is 1. The molecule has 0 amide bonds. The lowest BCUT2D eigenvalue weighted by atomic mass is 9.95. The molecule has 0 fully saturated rings. The third-order valence-corrected chi connectivity index (χ3v) is 8.08. The predicted octanol–water partition coefficient (Wildman–Crippen LogP) is 6.86. The van der Waals surface area contributed by atoms with Crippen molar-refractivity contribution in [3.8, 4) is 23.0 Å². The summed E-state index contributed by atoms with van der Waals surface area (Å²) in [5.41, 5.74) is 0.503. The number of ketones is 1. The summed E-state index contributed by atoms with van der Waals surface area (Å²) in [6, 6.07) is 8.47. The van der Waals surface area contributed by atoms with Crippen LogP contribution in [0, 0.1) is 5.82 Å². The third-order valence-electron chi connectivity index (χ3n) is 6.99. The van der Waals surface area contributed by atoms with E-state index >= 15 is 0 Å². The number of methoxy groups -OCH3 is 2. The van der Waals surface area contributed by atoms with E-state index in [2.05, 4.69) is 15.0 Å². The zero-order valence-corrected chi connectivity index (χ0v) is 26.8. The summed E-state index contributed by atoms with van der Waals surface area (Å²) in [6.45, 7) is 2.71. The fraction of sp³-hybridized carbons (Fsp3) is 0.344. The predicted molar refractivity (Wildman–Crippen MR) is 166 cm³/mol. The van der Waals surface area contributed by atoms with Gasteiger partial charge >= 0.3 is 6.36 Å². The molecule has 0 spiro atoms. The van der Waals surface area contributed by atoms with Gasteiger partial charge < -0.3 is 34.0 Å². The molecule has 0 saturated carbocycles. The summed E-state index contributed by atoms with van der Waals surface area (Å²) >= 11 is 0. The molecular formula is C32H34F4N2O8S. The van der Waals surface area contributed by atoms with Gasteiger partial charge in [0.15, 0.2) is 27.1 Å². The van der Waals surface area contributed by atoms with Crippen molar-refractivity contribution < 1.29 is 54.5 Å². The Morgan fingerprint density at radius 2 is 1.72 bits per heavy atom. The van der Waals surface area contributed by atoms with E-state index in [9.17, 15) is 30.8 Å². The summed E-state index contributed by atoms with van der Waals surface area (Å²) in [7, 11) is -1.22. The van der Waals surface area contributed by atoms with Gasteiger partial charge in [-0.05, 0) is 36.8 Å². The SMILES string of the molecule is CCCCOCCOc1cc(F)ccc1C(Nc1cc(OC)cc(S(C)(=O)=O)c1)C(=O)c1c[nH]c2cc(OC)c(OC(F)(F)F)cc12. The van der Waals surface area contributed by atoms with E-state index in [0.717, 1.165) is 37.3 Å². The fourth-order valence-corrected chi connectivity index (χ4v) is 5.39. The molecule has 0 bridgehead atoms. The van der Waals surface area contributed by atoms with Gasteiger partial charge in [-0.1, -0.05) is 13.3 Å². The quantitative estimate of drug-likeness (QED) is 0.0741. The van der Waals surface area contributed by atoms with E-state index in [4.69, 9.17) is 18.9 Å². The number of nitrogens with one attached hydrogen (secondary N) is 2. The van der Waals surface area contributed by atoms with E-state index in [1.165, 1.54) is 50.7 Å². The number of aromatic nitrogens is 1. The number of alkyl halides is 3. The second-order valence-corrected chi connectivity index (χ2v) is 12.4. The number of fused-ring (bicyclic) bond motifs is 1. The van der Waals surface area contributed by atoms with Crippen LogP contribution in [0.4, 0.5) is 23.2 Å². The van der Waals surface area contributed by atoms with E-state index in [1.807, 2.05) is 6.92 Å². The lowest BCUT2D eigenvalue weighted by molar-refractivity contribution is -0.275. The van der Waals surface area contributed by atoms with Gasteiger partial charge in [-0.2, -0.15) is 0 Å². The molecule has 1 aromatic heterocycles. The van der Waals surface area contributed by atoms with Crippen LogP contribution < -0.4 is 24.3 Å². The van der Waals surface area contributed by atoms with Crippen LogP contribution in [-0.4, -0.2) is 65.8 Å². The molecule has 254 valence electrons. The number of ether oxygens (including phenoxy) is 5. The third kappa shape index (κ3) is 9.07. The summed E-state index contributed by atoms with van der Waals surface area (Å²) in [4.78, 5) is 17.1. The maximum atomic E-state index is 14.5. The van der Waals surface area contributed by atoms with Gasteiger partial charge in [-0.3, -0.25) is 4.79 Å². The maximum absolute atomic E-state index is 14.5. The number of sulfone groups is 1. The average Bonchev–Trinajstić information content (AvgIpc) is 3.42. The summed E-state index contributed by atoms with van der Waals surface area (Å²) in [5, 5.41) is 3.08. The van der Waals surface area contributed by atoms with Gasteiger partial charge in [0.25, 0.3) is 0 Å². The molecule has 1 heterocycles. The molecule has 0 aliphatic heterocycles. The highest BCUT2D eigenvalue weighted by molar-refractivity contribution is 7.90. The van der Waals surface area contributed by atoms with Gasteiger partial charge in [-0.15, -0.1) is 13.2 Å². The lowest BCUT2D eigenvalue weighted by Gasteiger charge is -2.23. The van der Waals surface area contributed by atoms with Crippen LogP contribution in [0.2, 0.25) is 0 Å². The molecule has 4 rings (SSSR count). The van der Waals surface area contributed by atoms with Crippen LogP contribution in [0.5, 0.6) is 23.0 Å². The second-order valence-electron chi connectivity index (χ2n) is 10.4. The minimum absolute atomic E-state index is 0.0104. The lowest BCUT2D eigenvalue weighted by Crippen LogP contribution is -2.23. The Morgan fingerprint density at radius 3 is 2.38 bits per heavy atom. The van der Waals surface area contributed by atoms with Crippen molar-refractivity contribution in [3.63, 3.8) is 0 Å². The molecule has 1 atom stereocenters. The highest BCUT2D eigenvalue weighted by Gasteiger charge is 2.34. The minimum Gasteiger partial charge on any atom is -0.497 e. The first kappa shape index (κ1) is 35.4. The number of rotatable bonds is 16. The molecule has 10 nitrogen and oxygen atoms in total. The molecule has 47 heavy (non-hydrogen) atoms. The van der Waals surface area contributed by atoms with Gasteiger partial charge in [0.1, 0.15) is 30.0 Å². The van der Waals surface area contributed by atoms with E-state index in [0.29, 0.717) is 6.61 Å². The molecule has 15 heteroatoms. The number of halogens is 4. The normalized spacial score (nSPS) is 12.5. The second kappa shape index (κ2) is 14.9. The van der Waals surface area contributed by atoms with Crippen LogP contribution in [0.15, 0.2) is 59.6 Å². The first-order valence-electron chi connectivity index (χ1n) is 14.4. The van der Waals surface area contributed by atoms with Crippen molar-refractivity contribution in [1.29, 1.82) is 0 Å². The van der Waals surface area contributed by atoms with Crippen LogP contribution in [0.3, 0.4) is 0 Å². The van der Waals surface area contributed by atoms with Crippen molar-refractivity contribution in [2.45, 2.75) is 37.1 Å². The van der Waals surface area contributed by atoms with Crippen LogP contribution in [0.25, 0.3) is 10.9 Å². The molecular weight excluding hydrogens is 648 g/mol. The van der Waals surface area contributed by atoms with E-state index in [-0.39, 0.29) is 63.1 Å². The Bertz CT molecular complexity index is 1830. The number of aromatic amines is 1. The van der Waals surface area contributed by atoms with Gasteiger partial charge in [-0.25, -0.2) is 12.8 Å². The van der Waals surface area contributed by atoms with Crippen molar-refractivity contribution in [2.75, 3.05) is 45.6 Å². The maximum Gasteiger partial charge on any atom is 0.573 e. The number of hydrogen-bond donors (Lipinski definition) is 2. The monoisotopic (exact) mass is 682 g/mol. The van der Waals surface area contributed by atoms with Crippen molar-refractivity contribution >= 4 is 32.2 Å². The smallest absolute Gasteiger partial charge is 0.497 e. The first-order valence-corrected chi connectivity index (χ1v) is 16.3. The van der Waals surface area contributed by atoms with E-state index in [1.54, 1.807) is 0 Å². The van der Waals surface area contributed by atoms with Crippen molar-refractivity contribution in [3.05, 3.63) is 71.7 Å². The van der Waals surface area contributed by atoms with Gasteiger partial charge in [0, 0.05) is 59.5 Å². The molecule has 0 aliphatic carbocycles. The largest absolute Gasteiger partial charge is 0.573 e. The van der Waals surface area contributed by atoms with Gasteiger partial charge in [0.2, 0.25) is 0 Å². The number of Topliss-reactive ketones (excluding diaryl/α,β-unsaturated/α-hetero) is 1. The summed E-state index contributed by atoms with van der Waals surface area (Å²) < 4.78 is 105. The Morgan fingerprint density at radius 1 is 0.957 bits per heavy atom. The van der Waals surface area contributed by atoms with Crippen molar-refractivity contribution in [1.82, 2.24) is 4.98 Å². The highest BCUT2D eigenvalue weighted by atomic mass is 32.2. The summed E-state index contributed by atoms with van der Waals surface area (Å²) in [5.74, 6) is -2.09. The number of carbonyl (C=O) groups excluding carboxylic acids is 1. The van der Waals surface area contributed by atoms with Crippen LogP contribution in [-0.2, 0) is 14.6 Å². The zero-order valence-electron chi connectivity index (χ0n) is 26.0. The number of H-pyrrole nitrogens is 1. The number of unbranched alkanes of at least 4 members (excludes halogenated alkanes) is 1. The van der Waals surface area contributed by atoms with Crippen LogP contribution >= 0.6 is 0 Å². The number of hydrogen-bond acceptors (Lipinski definition) is 9. The Kier molecular flexibility index (Phi) is 11.2. The van der Waals surface area contributed by atoms with Gasteiger partial charge in [0.05, 0.1) is 31.2 Å². The molecule has 3 aromatic carbocycles. The number of anilines is 1. The first-order chi connectivity index (χ1) is 22.2. The standard InChI is InChI=1S/C32H34F4N2O8S/c1-5-6-9-44-10-11-45-27-12-19(33)7-8-23(27)30(38-20-13-21(42-2)15-22(14-20)47(4,40)41)31(39)25-18-37-26-17-28(43-3)29(16-24(25)26)46-32(34,35)36/h7-8,12-18,30,37-38H,5-6,9-11H2,1-4H3. The molecule has 0 aliphatic rings. The average molecular weight is 683 g/mol. The van der Waals surface area contributed by atoms with E-state index < -0.39 is 39.6 Å². The minimum atomic E-state index is -5.05. The topological polar surface area (TPSA) is 125 Å². The van der Waals surface area contributed by atoms with Crippen molar-refractivity contribution in [2.24, 2.45) is 0 Å².